The Kier molecular flexibility index (Phi) is 4.65. The molecule has 2 aliphatic rings. The molecule has 0 radical (unpaired) electrons. The lowest BCUT2D eigenvalue weighted by atomic mass is 9.85. The van der Waals surface area contributed by atoms with Crippen LogP contribution in [-0.2, 0) is 15.0 Å². The number of carbonyl (C=O) groups is 2. The van der Waals surface area contributed by atoms with E-state index in [2.05, 4.69) is 33.0 Å². The normalized spacial score (nSPS) is 20.2. The molecule has 4 nitrogen and oxygen atoms in total. The topological polar surface area (TPSA) is 49.4 Å². The lowest BCUT2D eigenvalue weighted by Crippen LogP contribution is -2.46. The van der Waals surface area contributed by atoms with Crippen LogP contribution in [0.25, 0.3) is 0 Å². The van der Waals surface area contributed by atoms with Crippen LogP contribution in [0.3, 0.4) is 0 Å². The lowest BCUT2D eigenvalue weighted by molar-refractivity contribution is -0.143. The van der Waals surface area contributed by atoms with Crippen molar-refractivity contribution in [1.82, 2.24) is 4.90 Å². The van der Waals surface area contributed by atoms with Crippen molar-refractivity contribution in [3.63, 3.8) is 0 Å². The molecule has 0 atom stereocenters. The summed E-state index contributed by atoms with van der Waals surface area (Å²) < 4.78 is 0. The number of hydrogen-bond donors (Lipinski definition) is 1. The number of rotatable bonds is 3. The van der Waals surface area contributed by atoms with Gasteiger partial charge in [-0.3, -0.25) is 9.59 Å². The third-order valence-corrected chi connectivity index (χ3v) is 5.65. The van der Waals surface area contributed by atoms with Gasteiger partial charge in [0.05, 0.1) is 0 Å². The van der Waals surface area contributed by atoms with Crippen LogP contribution in [0.4, 0.5) is 5.69 Å². The molecule has 3 rings (SSSR count). The molecule has 2 fully saturated rings. The van der Waals surface area contributed by atoms with E-state index >= 15 is 0 Å². The Morgan fingerprint density at radius 1 is 1.12 bits per heavy atom. The van der Waals surface area contributed by atoms with Crippen molar-refractivity contribution in [2.45, 2.75) is 58.8 Å². The number of anilines is 1. The van der Waals surface area contributed by atoms with Gasteiger partial charge >= 0.3 is 0 Å². The number of para-hydroxylation sites is 1. The van der Waals surface area contributed by atoms with Gasteiger partial charge in [0.2, 0.25) is 11.8 Å². The van der Waals surface area contributed by atoms with Crippen LogP contribution in [0.5, 0.6) is 0 Å². The van der Waals surface area contributed by atoms with Gasteiger partial charge in [-0.2, -0.15) is 0 Å². The van der Waals surface area contributed by atoms with E-state index in [0.29, 0.717) is 18.8 Å². The Bertz CT molecular complexity index is 663. The molecule has 0 bridgehead atoms. The van der Waals surface area contributed by atoms with E-state index in [0.717, 1.165) is 37.2 Å². The number of benzene rings is 1. The zero-order valence-corrected chi connectivity index (χ0v) is 15.9. The molecule has 136 valence electrons. The van der Waals surface area contributed by atoms with Gasteiger partial charge in [-0.05, 0) is 48.6 Å². The Morgan fingerprint density at radius 3 is 2.28 bits per heavy atom. The largest absolute Gasteiger partial charge is 0.342 e. The Morgan fingerprint density at radius 2 is 1.72 bits per heavy atom. The standard InChI is InChI=1S/C21H30N2O2/c1-15-9-13-23(14-10-15)19(25)21(11-12-21)18(24)22-17-8-6-5-7-16(17)20(2,3)4/h5-8,15H,9-14H2,1-4H3,(H,22,24). The number of likely N-dealkylation sites (tertiary alicyclic amines) is 1. The van der Waals surface area contributed by atoms with Crippen LogP contribution in [0.1, 0.15) is 58.9 Å². The summed E-state index contributed by atoms with van der Waals surface area (Å²) in [6, 6.07) is 7.89. The van der Waals surface area contributed by atoms with E-state index in [-0.39, 0.29) is 17.2 Å². The van der Waals surface area contributed by atoms with E-state index in [1.54, 1.807) is 0 Å². The highest BCUT2D eigenvalue weighted by molar-refractivity contribution is 6.13. The Balaban J connectivity index is 1.74. The molecule has 1 N–H and O–H groups in total. The average molecular weight is 342 g/mol. The molecule has 1 saturated heterocycles. The smallest absolute Gasteiger partial charge is 0.240 e. The Labute approximate surface area is 151 Å². The molecular formula is C21H30N2O2. The summed E-state index contributed by atoms with van der Waals surface area (Å²) in [5.74, 6) is 0.574. The fourth-order valence-electron chi connectivity index (χ4n) is 3.67. The van der Waals surface area contributed by atoms with Crippen LogP contribution in [0.15, 0.2) is 24.3 Å². The monoisotopic (exact) mass is 342 g/mol. The highest BCUT2D eigenvalue weighted by Gasteiger charge is 2.58. The maximum Gasteiger partial charge on any atom is 0.240 e. The van der Waals surface area contributed by atoms with Gasteiger partial charge in [0, 0.05) is 18.8 Å². The van der Waals surface area contributed by atoms with Gasteiger partial charge in [0.15, 0.2) is 0 Å². The predicted octanol–water partition coefficient (Wildman–Crippen LogP) is 3.96. The van der Waals surface area contributed by atoms with Crippen molar-refractivity contribution in [3.8, 4) is 0 Å². The molecule has 1 aromatic rings. The van der Waals surface area contributed by atoms with E-state index in [1.165, 1.54) is 0 Å². The number of nitrogens with zero attached hydrogens (tertiary/aromatic N) is 1. The van der Waals surface area contributed by atoms with Crippen molar-refractivity contribution < 1.29 is 9.59 Å². The number of nitrogens with one attached hydrogen (secondary N) is 1. The van der Waals surface area contributed by atoms with Crippen LogP contribution in [-0.4, -0.2) is 29.8 Å². The molecule has 0 aromatic heterocycles. The molecule has 1 heterocycles. The molecule has 1 aromatic carbocycles. The first-order valence-electron chi connectivity index (χ1n) is 9.44. The zero-order chi connectivity index (χ0) is 18.2. The average Bonchev–Trinajstić information content (AvgIpc) is 3.36. The van der Waals surface area contributed by atoms with Crippen molar-refractivity contribution >= 4 is 17.5 Å². The molecule has 1 saturated carbocycles. The second-order valence-corrected chi connectivity index (χ2v) is 8.81. The maximum atomic E-state index is 13.0. The summed E-state index contributed by atoms with van der Waals surface area (Å²) in [5, 5.41) is 3.06. The van der Waals surface area contributed by atoms with E-state index in [1.807, 2.05) is 29.2 Å². The SMILES string of the molecule is CC1CCN(C(=O)C2(C(=O)Nc3ccccc3C(C)(C)C)CC2)CC1. The molecule has 25 heavy (non-hydrogen) atoms. The summed E-state index contributed by atoms with van der Waals surface area (Å²) in [6.45, 7) is 10.2. The molecular weight excluding hydrogens is 312 g/mol. The van der Waals surface area contributed by atoms with Crippen molar-refractivity contribution in [1.29, 1.82) is 0 Å². The second kappa shape index (κ2) is 6.47. The number of amides is 2. The first-order chi connectivity index (χ1) is 11.7. The highest BCUT2D eigenvalue weighted by Crippen LogP contribution is 2.49. The van der Waals surface area contributed by atoms with Gasteiger partial charge in [0.1, 0.15) is 5.41 Å². The van der Waals surface area contributed by atoms with Gasteiger partial charge < -0.3 is 10.2 Å². The summed E-state index contributed by atoms with van der Waals surface area (Å²) in [5.41, 5.74) is 1.03. The number of hydrogen-bond acceptors (Lipinski definition) is 2. The van der Waals surface area contributed by atoms with Gasteiger partial charge in [-0.1, -0.05) is 45.9 Å². The van der Waals surface area contributed by atoms with Crippen molar-refractivity contribution in [2.24, 2.45) is 11.3 Å². The summed E-state index contributed by atoms with van der Waals surface area (Å²) in [7, 11) is 0. The molecule has 2 amide bonds. The van der Waals surface area contributed by atoms with Crippen molar-refractivity contribution in [3.05, 3.63) is 29.8 Å². The quantitative estimate of drug-likeness (QED) is 0.845. The molecule has 0 unspecified atom stereocenters. The molecule has 1 aliphatic heterocycles. The zero-order valence-electron chi connectivity index (χ0n) is 15.9. The van der Waals surface area contributed by atoms with E-state index in [4.69, 9.17) is 0 Å². The molecule has 0 spiro atoms. The van der Waals surface area contributed by atoms with Gasteiger partial charge in [-0.25, -0.2) is 0 Å². The van der Waals surface area contributed by atoms with Crippen LogP contribution >= 0.6 is 0 Å². The molecule has 1 aliphatic carbocycles. The third kappa shape index (κ3) is 3.58. The van der Waals surface area contributed by atoms with Crippen LogP contribution < -0.4 is 5.32 Å². The Hall–Kier alpha value is -1.84. The minimum absolute atomic E-state index is 0.0325. The predicted molar refractivity (Wildman–Crippen MR) is 100 cm³/mol. The lowest BCUT2D eigenvalue weighted by Gasteiger charge is -2.33. The van der Waals surface area contributed by atoms with E-state index < -0.39 is 5.41 Å². The summed E-state index contributed by atoms with van der Waals surface area (Å²) in [4.78, 5) is 27.8. The fourth-order valence-corrected chi connectivity index (χ4v) is 3.67. The maximum absolute atomic E-state index is 13.0. The highest BCUT2D eigenvalue weighted by atomic mass is 16.2. The molecule has 4 heteroatoms. The second-order valence-electron chi connectivity index (χ2n) is 8.81. The fraction of sp³-hybridized carbons (Fsp3) is 0.619. The number of carbonyl (C=O) groups excluding carboxylic acids is 2. The summed E-state index contributed by atoms with van der Waals surface area (Å²) >= 11 is 0. The minimum atomic E-state index is -0.828. The van der Waals surface area contributed by atoms with Gasteiger partial charge in [0.25, 0.3) is 0 Å². The van der Waals surface area contributed by atoms with Crippen LogP contribution in [0, 0.1) is 11.3 Å². The summed E-state index contributed by atoms with van der Waals surface area (Å²) in [6.07, 6.45) is 3.41. The minimum Gasteiger partial charge on any atom is -0.342 e. The first kappa shape index (κ1) is 18.0. The van der Waals surface area contributed by atoms with E-state index in [9.17, 15) is 9.59 Å². The third-order valence-electron chi connectivity index (χ3n) is 5.65. The first-order valence-corrected chi connectivity index (χ1v) is 9.44. The van der Waals surface area contributed by atoms with Crippen molar-refractivity contribution in [2.75, 3.05) is 18.4 Å². The number of piperidine rings is 1. The van der Waals surface area contributed by atoms with Gasteiger partial charge in [-0.15, -0.1) is 0 Å². The van der Waals surface area contributed by atoms with Crippen LogP contribution in [0.2, 0.25) is 0 Å².